The van der Waals surface area contributed by atoms with E-state index in [1.165, 1.54) is 12.1 Å². The number of amides is 1. The number of carbonyl (C=O) groups excluding carboxylic acids is 1. The zero-order valence-electron chi connectivity index (χ0n) is 14.9. The number of ether oxygens (including phenoxy) is 1. The molecule has 3 rings (SSSR count). The Balaban J connectivity index is 1.56. The number of benzene rings is 1. The summed E-state index contributed by atoms with van der Waals surface area (Å²) in [6, 6.07) is 6.31. The van der Waals surface area contributed by atoms with Crippen LogP contribution >= 0.6 is 11.6 Å². The zero-order chi connectivity index (χ0) is 19.2. The molecule has 2 N–H and O–H groups in total. The normalized spacial score (nSPS) is 14.7. The minimum absolute atomic E-state index is 0.0302. The van der Waals surface area contributed by atoms with Crippen LogP contribution in [0.3, 0.4) is 0 Å². The predicted octanol–water partition coefficient (Wildman–Crippen LogP) is 4.05. The summed E-state index contributed by atoms with van der Waals surface area (Å²) in [4.78, 5) is 22.1. The van der Waals surface area contributed by atoms with Crippen molar-refractivity contribution in [1.29, 1.82) is 0 Å². The summed E-state index contributed by atoms with van der Waals surface area (Å²) in [5, 5.41) is 6.40. The first-order valence-corrected chi connectivity index (χ1v) is 9.16. The number of carbonyl (C=O) groups is 1. The van der Waals surface area contributed by atoms with E-state index in [0.717, 1.165) is 12.8 Å². The molecule has 1 fully saturated rings. The molecule has 0 radical (unpaired) electrons. The van der Waals surface area contributed by atoms with Gasteiger partial charge in [-0.15, -0.1) is 0 Å². The minimum Gasteiger partial charge on any atom is -0.450 e. The first-order valence-electron chi connectivity index (χ1n) is 8.78. The molecule has 1 aromatic carbocycles. The fourth-order valence-corrected chi connectivity index (χ4v) is 3.01. The van der Waals surface area contributed by atoms with Crippen LogP contribution in [0.1, 0.15) is 19.8 Å². The van der Waals surface area contributed by atoms with Gasteiger partial charge >= 0.3 is 6.09 Å². The van der Waals surface area contributed by atoms with Crippen molar-refractivity contribution in [2.24, 2.45) is 0 Å². The van der Waals surface area contributed by atoms with E-state index in [1.807, 2.05) is 0 Å². The topological polar surface area (TPSA) is 79.4 Å². The summed E-state index contributed by atoms with van der Waals surface area (Å²) in [5.41, 5.74) is 0.598. The number of hydrogen-bond donors (Lipinski definition) is 2. The van der Waals surface area contributed by atoms with Crippen molar-refractivity contribution in [1.82, 2.24) is 14.9 Å². The molecule has 0 bridgehead atoms. The van der Waals surface area contributed by atoms with Crippen LogP contribution in [0, 0.1) is 5.82 Å². The van der Waals surface area contributed by atoms with Crippen molar-refractivity contribution in [3.8, 4) is 0 Å². The molecule has 1 aromatic heterocycles. The monoisotopic (exact) mass is 393 g/mol. The van der Waals surface area contributed by atoms with Gasteiger partial charge in [-0.05, 0) is 44.0 Å². The van der Waals surface area contributed by atoms with Gasteiger partial charge in [0.05, 0.1) is 11.6 Å². The lowest BCUT2D eigenvalue weighted by Gasteiger charge is -2.31. The Hall–Kier alpha value is -2.61. The Morgan fingerprint density at radius 2 is 2.15 bits per heavy atom. The molecule has 1 saturated heterocycles. The van der Waals surface area contributed by atoms with Crippen molar-refractivity contribution < 1.29 is 13.9 Å². The number of halogens is 2. The van der Waals surface area contributed by atoms with Gasteiger partial charge in [-0.3, -0.25) is 0 Å². The molecule has 7 nitrogen and oxygen atoms in total. The molecular weight excluding hydrogens is 373 g/mol. The Labute approximate surface area is 161 Å². The number of anilines is 3. The van der Waals surface area contributed by atoms with Gasteiger partial charge in [0.25, 0.3) is 0 Å². The Bertz CT molecular complexity index is 799. The van der Waals surface area contributed by atoms with E-state index in [1.54, 1.807) is 30.2 Å². The smallest absolute Gasteiger partial charge is 0.409 e. The summed E-state index contributed by atoms with van der Waals surface area (Å²) in [5.74, 6) is 0.578. The molecule has 1 aliphatic heterocycles. The maximum Gasteiger partial charge on any atom is 0.409 e. The quantitative estimate of drug-likeness (QED) is 0.797. The lowest BCUT2D eigenvalue weighted by molar-refractivity contribution is 0.0983. The highest BCUT2D eigenvalue weighted by molar-refractivity contribution is 6.31. The highest BCUT2D eigenvalue weighted by atomic mass is 35.5. The number of hydrogen-bond acceptors (Lipinski definition) is 6. The van der Waals surface area contributed by atoms with E-state index in [9.17, 15) is 9.18 Å². The van der Waals surface area contributed by atoms with Crippen molar-refractivity contribution in [2.75, 3.05) is 30.3 Å². The van der Waals surface area contributed by atoms with Crippen LogP contribution < -0.4 is 10.6 Å². The van der Waals surface area contributed by atoms with Crippen LogP contribution in [-0.2, 0) is 4.74 Å². The molecule has 0 spiro atoms. The van der Waals surface area contributed by atoms with E-state index in [4.69, 9.17) is 16.3 Å². The summed E-state index contributed by atoms with van der Waals surface area (Å²) < 4.78 is 18.3. The predicted molar refractivity (Wildman–Crippen MR) is 102 cm³/mol. The second-order valence-corrected chi connectivity index (χ2v) is 6.53. The molecule has 1 aliphatic rings. The van der Waals surface area contributed by atoms with E-state index in [2.05, 4.69) is 20.6 Å². The van der Waals surface area contributed by atoms with Gasteiger partial charge in [0.15, 0.2) is 0 Å². The van der Waals surface area contributed by atoms with E-state index >= 15 is 0 Å². The molecule has 144 valence electrons. The van der Waals surface area contributed by atoms with Crippen LogP contribution in [0.2, 0.25) is 5.02 Å². The van der Waals surface area contributed by atoms with Crippen molar-refractivity contribution >= 4 is 35.1 Å². The summed E-state index contributed by atoms with van der Waals surface area (Å²) in [6.45, 7) is 3.46. The van der Waals surface area contributed by atoms with Crippen LogP contribution in [0.15, 0.2) is 30.5 Å². The fraction of sp³-hybridized carbons (Fsp3) is 0.389. The Kier molecular flexibility index (Phi) is 6.28. The van der Waals surface area contributed by atoms with Crippen LogP contribution in [0.25, 0.3) is 0 Å². The molecule has 0 unspecified atom stereocenters. The number of likely N-dealkylation sites (tertiary alicyclic amines) is 1. The SMILES string of the molecule is CCOC(=O)N1CCC(Nc2ccnc(Nc3ccc(F)c(Cl)c3)n2)CC1. The van der Waals surface area contributed by atoms with Gasteiger partial charge in [-0.2, -0.15) is 4.98 Å². The molecule has 1 amide bonds. The van der Waals surface area contributed by atoms with E-state index in [-0.39, 0.29) is 17.2 Å². The number of aromatic nitrogens is 2. The third kappa shape index (κ3) is 5.19. The molecule has 0 aliphatic carbocycles. The van der Waals surface area contributed by atoms with Crippen LogP contribution in [-0.4, -0.2) is 46.7 Å². The fourth-order valence-electron chi connectivity index (χ4n) is 2.83. The van der Waals surface area contributed by atoms with Gasteiger partial charge in [-0.1, -0.05) is 11.6 Å². The molecule has 27 heavy (non-hydrogen) atoms. The highest BCUT2D eigenvalue weighted by Gasteiger charge is 2.23. The van der Waals surface area contributed by atoms with E-state index < -0.39 is 5.82 Å². The third-order valence-electron chi connectivity index (χ3n) is 4.20. The molecule has 9 heteroatoms. The maximum absolute atomic E-state index is 13.2. The summed E-state index contributed by atoms with van der Waals surface area (Å²) >= 11 is 5.79. The standard InChI is InChI=1S/C18H21ClFN5O2/c1-2-27-18(26)25-9-6-12(7-10-25)22-16-5-8-21-17(24-16)23-13-3-4-15(20)14(19)11-13/h3-5,8,11-12H,2,6-7,9-10H2,1H3,(H2,21,22,23,24). The highest BCUT2D eigenvalue weighted by Crippen LogP contribution is 2.22. The Morgan fingerprint density at radius 3 is 2.85 bits per heavy atom. The second-order valence-electron chi connectivity index (χ2n) is 6.12. The average Bonchev–Trinajstić information content (AvgIpc) is 2.66. The lowest BCUT2D eigenvalue weighted by Crippen LogP contribution is -2.42. The van der Waals surface area contributed by atoms with Crippen molar-refractivity contribution in [2.45, 2.75) is 25.8 Å². The average molecular weight is 394 g/mol. The van der Waals surface area contributed by atoms with Gasteiger partial charge in [-0.25, -0.2) is 14.2 Å². The maximum atomic E-state index is 13.2. The number of piperidine rings is 1. The van der Waals surface area contributed by atoms with Gasteiger partial charge in [0.2, 0.25) is 5.95 Å². The van der Waals surface area contributed by atoms with Gasteiger partial charge < -0.3 is 20.3 Å². The van der Waals surface area contributed by atoms with Crippen molar-refractivity contribution in [3.63, 3.8) is 0 Å². The van der Waals surface area contributed by atoms with Crippen LogP contribution in [0.5, 0.6) is 0 Å². The molecular formula is C18H21ClFN5O2. The lowest BCUT2D eigenvalue weighted by atomic mass is 10.1. The largest absolute Gasteiger partial charge is 0.450 e. The van der Waals surface area contributed by atoms with Gasteiger partial charge in [0.1, 0.15) is 11.6 Å². The molecule has 0 saturated carbocycles. The number of nitrogens with one attached hydrogen (secondary N) is 2. The second kappa shape index (κ2) is 8.85. The molecule has 2 aromatic rings. The Morgan fingerprint density at radius 1 is 1.37 bits per heavy atom. The number of rotatable bonds is 5. The minimum atomic E-state index is -0.479. The molecule has 2 heterocycles. The molecule has 0 atom stereocenters. The van der Waals surface area contributed by atoms with Crippen LogP contribution in [0.4, 0.5) is 26.6 Å². The third-order valence-corrected chi connectivity index (χ3v) is 4.49. The first-order chi connectivity index (χ1) is 13.0. The zero-order valence-corrected chi connectivity index (χ0v) is 15.7. The summed E-state index contributed by atoms with van der Waals surface area (Å²) in [6.07, 6.45) is 2.98. The first kappa shape index (κ1) is 19.2. The summed E-state index contributed by atoms with van der Waals surface area (Å²) in [7, 11) is 0. The van der Waals surface area contributed by atoms with E-state index in [0.29, 0.717) is 37.1 Å². The van der Waals surface area contributed by atoms with Crippen molar-refractivity contribution in [3.05, 3.63) is 41.3 Å². The number of nitrogens with zero attached hydrogens (tertiary/aromatic N) is 3. The van der Waals surface area contributed by atoms with Gasteiger partial charge in [0, 0.05) is 31.0 Å².